The molecule has 0 bridgehead atoms. The van der Waals surface area contributed by atoms with E-state index in [4.69, 9.17) is 0 Å². The predicted octanol–water partition coefficient (Wildman–Crippen LogP) is 3.93. The molecule has 3 aromatic rings. The second-order valence-corrected chi connectivity index (χ2v) is 7.48. The number of carbonyl (C=O) groups excluding carboxylic acids is 1. The van der Waals surface area contributed by atoms with Gasteiger partial charge < -0.3 is 10.4 Å². The number of amides is 1. The van der Waals surface area contributed by atoms with Crippen molar-refractivity contribution in [3.05, 3.63) is 71.1 Å². The number of hydrogen-bond donors (Lipinski definition) is 2. The van der Waals surface area contributed by atoms with Gasteiger partial charge in [-0.15, -0.1) is 11.3 Å². The smallest absolute Gasteiger partial charge is 0.261 e. The van der Waals surface area contributed by atoms with E-state index in [2.05, 4.69) is 5.32 Å². The van der Waals surface area contributed by atoms with Gasteiger partial charge in [0.05, 0.1) is 11.4 Å². The number of nitrogens with one attached hydrogen (secondary N) is 1. The van der Waals surface area contributed by atoms with Crippen molar-refractivity contribution < 1.29 is 9.90 Å². The first-order valence-corrected chi connectivity index (χ1v) is 9.03. The zero-order valence-corrected chi connectivity index (χ0v) is 14.1. The zero-order valence-electron chi connectivity index (χ0n) is 13.2. The molecular weight excluding hydrogens is 318 g/mol. The normalized spacial score (nSPS) is 16.7. The van der Waals surface area contributed by atoms with E-state index in [-0.39, 0.29) is 18.4 Å². The summed E-state index contributed by atoms with van der Waals surface area (Å²) in [4.78, 5) is 13.2. The maximum atomic E-state index is 12.5. The van der Waals surface area contributed by atoms with Gasteiger partial charge in [0.2, 0.25) is 0 Å². The summed E-state index contributed by atoms with van der Waals surface area (Å²) in [5.41, 5.74) is -0.0997. The van der Waals surface area contributed by atoms with Crippen molar-refractivity contribution in [1.29, 1.82) is 0 Å². The molecule has 2 aromatic carbocycles. The van der Waals surface area contributed by atoms with Gasteiger partial charge in [0.25, 0.3) is 5.91 Å². The molecule has 24 heavy (non-hydrogen) atoms. The number of carbonyl (C=O) groups is 1. The summed E-state index contributed by atoms with van der Waals surface area (Å²) < 4.78 is 1.10. The van der Waals surface area contributed by atoms with E-state index >= 15 is 0 Å². The summed E-state index contributed by atoms with van der Waals surface area (Å²) in [5, 5.41) is 15.2. The molecule has 1 aliphatic rings. The van der Waals surface area contributed by atoms with Crippen molar-refractivity contribution >= 4 is 27.3 Å². The fraction of sp³-hybridized carbons (Fsp3) is 0.250. The topological polar surface area (TPSA) is 49.3 Å². The van der Waals surface area contributed by atoms with E-state index in [1.165, 1.54) is 11.3 Å². The van der Waals surface area contributed by atoms with Crippen LogP contribution in [0.25, 0.3) is 10.1 Å². The molecule has 1 atom stereocenters. The number of rotatable bonds is 5. The minimum absolute atomic E-state index is 0.119. The Morgan fingerprint density at radius 1 is 1.12 bits per heavy atom. The van der Waals surface area contributed by atoms with Gasteiger partial charge in [-0.1, -0.05) is 48.5 Å². The Kier molecular flexibility index (Phi) is 3.87. The molecule has 1 fully saturated rings. The summed E-state index contributed by atoms with van der Waals surface area (Å²) in [6.45, 7) is 0.245. The first kappa shape index (κ1) is 15.4. The molecule has 2 N–H and O–H groups in total. The fourth-order valence-electron chi connectivity index (χ4n) is 3.17. The second kappa shape index (κ2) is 6.04. The van der Waals surface area contributed by atoms with E-state index < -0.39 is 5.60 Å². The summed E-state index contributed by atoms with van der Waals surface area (Å²) in [6.07, 6.45) is 2.01. The number of fused-ring (bicyclic) bond motifs is 1. The van der Waals surface area contributed by atoms with Crippen LogP contribution in [-0.2, 0) is 5.60 Å². The molecule has 0 unspecified atom stereocenters. The van der Waals surface area contributed by atoms with Gasteiger partial charge in [-0.25, -0.2) is 0 Å². The Morgan fingerprint density at radius 2 is 1.83 bits per heavy atom. The maximum Gasteiger partial charge on any atom is 0.261 e. The zero-order chi connectivity index (χ0) is 16.6. The molecule has 0 spiro atoms. The van der Waals surface area contributed by atoms with Crippen LogP contribution in [0.5, 0.6) is 0 Å². The average Bonchev–Trinajstić information content (AvgIpc) is 3.39. The van der Waals surface area contributed by atoms with Gasteiger partial charge in [-0.05, 0) is 41.8 Å². The molecule has 122 valence electrons. The summed E-state index contributed by atoms with van der Waals surface area (Å²) in [6, 6.07) is 19.5. The standard InChI is InChI=1S/C20H19NO2S/c22-19(18-12-14-6-4-5-9-17(14)24-18)21-13-20(23,16-10-11-16)15-7-2-1-3-8-15/h1-9,12,16,23H,10-11,13H2,(H,21,22)/t20-/m0/s1. The molecule has 1 heterocycles. The Morgan fingerprint density at radius 3 is 2.54 bits per heavy atom. The molecule has 0 aliphatic heterocycles. The number of thiophene rings is 1. The lowest BCUT2D eigenvalue weighted by atomic mass is 9.88. The molecule has 0 saturated heterocycles. The highest BCUT2D eigenvalue weighted by molar-refractivity contribution is 7.20. The Hall–Kier alpha value is -2.17. The third-order valence-electron chi connectivity index (χ3n) is 4.69. The highest BCUT2D eigenvalue weighted by Gasteiger charge is 2.45. The number of benzene rings is 2. The molecule has 3 nitrogen and oxygen atoms in total. The van der Waals surface area contributed by atoms with Gasteiger partial charge in [0.15, 0.2) is 0 Å². The first-order chi connectivity index (χ1) is 11.7. The lowest BCUT2D eigenvalue weighted by Gasteiger charge is -2.29. The summed E-state index contributed by atoms with van der Waals surface area (Å²) in [7, 11) is 0. The van der Waals surface area contributed by atoms with Crippen LogP contribution in [0.4, 0.5) is 0 Å². The number of aliphatic hydroxyl groups is 1. The second-order valence-electron chi connectivity index (χ2n) is 6.40. The average molecular weight is 337 g/mol. The summed E-state index contributed by atoms with van der Waals surface area (Å²) in [5.74, 6) is 0.105. The van der Waals surface area contributed by atoms with Crippen molar-refractivity contribution in [3.8, 4) is 0 Å². The highest BCUT2D eigenvalue weighted by atomic mass is 32.1. The molecular formula is C20H19NO2S. The van der Waals surface area contributed by atoms with Crippen LogP contribution in [0.1, 0.15) is 28.1 Å². The molecule has 1 saturated carbocycles. The SMILES string of the molecule is O=C(NC[C@](O)(c1ccccc1)C1CC1)c1cc2ccccc2s1. The number of hydrogen-bond acceptors (Lipinski definition) is 3. The molecule has 4 heteroatoms. The highest BCUT2D eigenvalue weighted by Crippen LogP contribution is 2.45. The Bertz CT molecular complexity index is 836. The first-order valence-electron chi connectivity index (χ1n) is 8.21. The Balaban J connectivity index is 1.53. The fourth-order valence-corrected chi connectivity index (χ4v) is 4.14. The lowest BCUT2D eigenvalue weighted by molar-refractivity contribution is 0.0135. The molecule has 1 aliphatic carbocycles. The lowest BCUT2D eigenvalue weighted by Crippen LogP contribution is -2.42. The third kappa shape index (κ3) is 2.83. The largest absolute Gasteiger partial charge is 0.383 e. The van der Waals surface area contributed by atoms with E-state index in [1.54, 1.807) is 0 Å². The van der Waals surface area contributed by atoms with Gasteiger partial charge >= 0.3 is 0 Å². The molecule has 1 amide bonds. The van der Waals surface area contributed by atoms with Crippen molar-refractivity contribution in [2.24, 2.45) is 5.92 Å². The van der Waals surface area contributed by atoms with Crippen LogP contribution in [0.2, 0.25) is 0 Å². The van der Waals surface area contributed by atoms with E-state index in [0.717, 1.165) is 28.5 Å². The minimum Gasteiger partial charge on any atom is -0.383 e. The van der Waals surface area contributed by atoms with E-state index in [9.17, 15) is 9.90 Å². The summed E-state index contributed by atoms with van der Waals surface area (Å²) >= 11 is 1.48. The van der Waals surface area contributed by atoms with Crippen LogP contribution < -0.4 is 5.32 Å². The third-order valence-corrected chi connectivity index (χ3v) is 5.81. The van der Waals surface area contributed by atoms with Crippen molar-refractivity contribution in [2.45, 2.75) is 18.4 Å². The van der Waals surface area contributed by atoms with Gasteiger partial charge in [0, 0.05) is 4.70 Å². The van der Waals surface area contributed by atoms with E-state index in [1.807, 2.05) is 60.7 Å². The molecule has 4 rings (SSSR count). The van der Waals surface area contributed by atoms with Gasteiger partial charge in [-0.2, -0.15) is 0 Å². The van der Waals surface area contributed by atoms with Crippen LogP contribution in [0, 0.1) is 5.92 Å². The van der Waals surface area contributed by atoms with Crippen LogP contribution >= 0.6 is 11.3 Å². The Labute approximate surface area is 144 Å². The van der Waals surface area contributed by atoms with Gasteiger partial charge in [0.1, 0.15) is 5.60 Å². The molecule has 0 radical (unpaired) electrons. The monoisotopic (exact) mass is 337 g/mol. The van der Waals surface area contributed by atoms with Crippen molar-refractivity contribution in [3.63, 3.8) is 0 Å². The van der Waals surface area contributed by atoms with E-state index in [0.29, 0.717) is 4.88 Å². The quantitative estimate of drug-likeness (QED) is 0.741. The van der Waals surface area contributed by atoms with Crippen molar-refractivity contribution in [1.82, 2.24) is 5.32 Å². The van der Waals surface area contributed by atoms with Crippen LogP contribution in [0.15, 0.2) is 60.7 Å². The van der Waals surface area contributed by atoms with Crippen molar-refractivity contribution in [2.75, 3.05) is 6.54 Å². The van der Waals surface area contributed by atoms with Crippen LogP contribution in [-0.4, -0.2) is 17.6 Å². The molecule has 1 aromatic heterocycles. The van der Waals surface area contributed by atoms with Gasteiger partial charge in [-0.3, -0.25) is 4.79 Å². The maximum absolute atomic E-state index is 12.5. The minimum atomic E-state index is -0.979. The van der Waals surface area contributed by atoms with Crippen LogP contribution in [0.3, 0.4) is 0 Å². The predicted molar refractivity (Wildman–Crippen MR) is 97.2 cm³/mol.